The minimum Gasteiger partial charge on any atom is -0.355 e. The summed E-state index contributed by atoms with van der Waals surface area (Å²) in [4.78, 5) is 14.4. The summed E-state index contributed by atoms with van der Waals surface area (Å²) in [5.41, 5.74) is 4.21. The van der Waals surface area contributed by atoms with Crippen LogP contribution in [0.2, 0.25) is 0 Å². The smallest absolute Gasteiger partial charge is 0.138 e. The molecule has 6 heteroatoms. The SMILES string of the molecule is C=CN=C(C(=C)C)C1CCCC(c2cn3c(N4CCNCC4)cccc3n2)N1C. The van der Waals surface area contributed by atoms with E-state index >= 15 is 0 Å². The molecule has 2 fully saturated rings. The standard InChI is InChI=1S/C23H32N6/c1-5-25-23(17(2)3)20-9-6-8-19(27(20)4)18-16-29-21(26-18)10-7-11-22(29)28-14-12-24-13-15-28/h5,7,10-11,16,19-20,24H,1-2,6,8-9,12-15H2,3-4H3. The lowest BCUT2D eigenvalue weighted by Crippen LogP contribution is -2.44. The summed E-state index contributed by atoms with van der Waals surface area (Å²) < 4.78 is 2.26. The maximum absolute atomic E-state index is 5.02. The van der Waals surface area contributed by atoms with Crippen LogP contribution in [0.3, 0.4) is 0 Å². The van der Waals surface area contributed by atoms with Crippen LogP contribution in [0.4, 0.5) is 5.82 Å². The molecule has 0 aliphatic carbocycles. The number of aromatic nitrogens is 2. The van der Waals surface area contributed by atoms with Gasteiger partial charge in [-0.3, -0.25) is 14.3 Å². The van der Waals surface area contributed by atoms with Gasteiger partial charge in [0.25, 0.3) is 0 Å². The highest BCUT2D eigenvalue weighted by Crippen LogP contribution is 2.34. The van der Waals surface area contributed by atoms with E-state index in [2.05, 4.69) is 69.1 Å². The third-order valence-electron chi connectivity index (χ3n) is 6.19. The van der Waals surface area contributed by atoms with E-state index in [1.165, 1.54) is 5.82 Å². The fourth-order valence-electron chi connectivity index (χ4n) is 4.72. The topological polar surface area (TPSA) is 48.2 Å². The van der Waals surface area contributed by atoms with Crippen molar-refractivity contribution in [2.45, 2.75) is 38.3 Å². The fourth-order valence-corrected chi connectivity index (χ4v) is 4.72. The molecule has 2 unspecified atom stereocenters. The Kier molecular flexibility index (Phi) is 5.83. The maximum Gasteiger partial charge on any atom is 0.138 e. The monoisotopic (exact) mass is 392 g/mol. The zero-order chi connectivity index (χ0) is 20.4. The number of nitrogens with one attached hydrogen (secondary N) is 1. The number of imidazole rings is 1. The van der Waals surface area contributed by atoms with Crippen LogP contribution in [0, 0.1) is 0 Å². The molecule has 0 saturated carbocycles. The number of piperazine rings is 1. The molecule has 2 aliphatic heterocycles. The van der Waals surface area contributed by atoms with Gasteiger partial charge in [0.2, 0.25) is 0 Å². The third kappa shape index (κ3) is 3.87. The van der Waals surface area contributed by atoms with Crippen LogP contribution < -0.4 is 10.2 Å². The highest BCUT2D eigenvalue weighted by Gasteiger charge is 2.33. The van der Waals surface area contributed by atoms with Crippen LogP contribution in [0.25, 0.3) is 5.65 Å². The largest absolute Gasteiger partial charge is 0.355 e. The molecule has 2 saturated heterocycles. The van der Waals surface area contributed by atoms with Crippen LogP contribution in [-0.4, -0.2) is 59.3 Å². The van der Waals surface area contributed by atoms with E-state index in [-0.39, 0.29) is 12.1 Å². The van der Waals surface area contributed by atoms with E-state index in [1.54, 1.807) is 6.20 Å². The molecular weight excluding hydrogens is 360 g/mol. The Bertz CT molecular complexity index is 921. The van der Waals surface area contributed by atoms with Crippen LogP contribution in [0.1, 0.15) is 37.9 Å². The van der Waals surface area contributed by atoms with E-state index in [4.69, 9.17) is 4.98 Å². The Morgan fingerprint density at radius 1 is 1.28 bits per heavy atom. The second-order valence-electron chi connectivity index (χ2n) is 8.12. The van der Waals surface area contributed by atoms with Crippen molar-refractivity contribution in [2.75, 3.05) is 38.1 Å². The Labute approximate surface area is 173 Å². The minimum atomic E-state index is 0.252. The fraction of sp³-hybridized carbons (Fsp3) is 0.478. The number of hydrogen-bond donors (Lipinski definition) is 1. The Morgan fingerprint density at radius 3 is 2.79 bits per heavy atom. The molecule has 29 heavy (non-hydrogen) atoms. The predicted octanol–water partition coefficient (Wildman–Crippen LogP) is 3.43. The molecule has 4 rings (SSSR count). The molecule has 0 aromatic carbocycles. The highest BCUT2D eigenvalue weighted by atomic mass is 15.3. The maximum atomic E-state index is 5.02. The Balaban J connectivity index is 1.66. The minimum absolute atomic E-state index is 0.252. The van der Waals surface area contributed by atoms with E-state index in [1.807, 2.05) is 6.92 Å². The average Bonchev–Trinajstić information content (AvgIpc) is 3.17. The molecule has 2 atom stereocenters. The van der Waals surface area contributed by atoms with Crippen molar-refractivity contribution >= 4 is 17.2 Å². The molecule has 0 radical (unpaired) electrons. The van der Waals surface area contributed by atoms with Crippen molar-refractivity contribution in [1.29, 1.82) is 0 Å². The van der Waals surface area contributed by atoms with E-state index < -0.39 is 0 Å². The number of piperidine rings is 1. The van der Waals surface area contributed by atoms with Crippen molar-refractivity contribution in [2.24, 2.45) is 4.99 Å². The number of hydrogen-bond acceptors (Lipinski definition) is 5. The third-order valence-corrected chi connectivity index (χ3v) is 6.19. The average molecular weight is 393 g/mol. The first-order chi connectivity index (χ1) is 14.1. The van der Waals surface area contributed by atoms with E-state index in [9.17, 15) is 0 Å². The van der Waals surface area contributed by atoms with Gasteiger partial charge in [-0.2, -0.15) is 0 Å². The highest BCUT2D eigenvalue weighted by molar-refractivity contribution is 6.03. The normalized spacial score (nSPS) is 24.1. The summed E-state index contributed by atoms with van der Waals surface area (Å²) in [6.07, 6.45) is 7.22. The first kappa shape index (κ1) is 19.9. The van der Waals surface area contributed by atoms with Crippen LogP contribution in [0.15, 0.2) is 54.3 Å². The van der Waals surface area contributed by atoms with E-state index in [0.717, 1.165) is 68.1 Å². The van der Waals surface area contributed by atoms with Crippen molar-refractivity contribution in [3.05, 3.63) is 55.0 Å². The quantitative estimate of drug-likeness (QED) is 0.792. The number of nitrogens with zero attached hydrogens (tertiary/aromatic N) is 5. The van der Waals surface area contributed by atoms with Gasteiger partial charge in [0.1, 0.15) is 11.5 Å². The molecule has 4 heterocycles. The first-order valence-corrected chi connectivity index (χ1v) is 10.6. The summed E-state index contributed by atoms with van der Waals surface area (Å²) >= 11 is 0. The van der Waals surface area contributed by atoms with E-state index in [0.29, 0.717) is 0 Å². The lowest BCUT2D eigenvalue weighted by molar-refractivity contribution is 0.151. The zero-order valence-corrected chi connectivity index (χ0v) is 17.6. The van der Waals surface area contributed by atoms with Gasteiger partial charge in [-0.1, -0.05) is 19.2 Å². The Hall–Kier alpha value is -2.44. The Morgan fingerprint density at radius 2 is 2.07 bits per heavy atom. The molecule has 6 nitrogen and oxygen atoms in total. The summed E-state index contributed by atoms with van der Waals surface area (Å²) in [6.45, 7) is 14.1. The van der Waals surface area contributed by atoms with Gasteiger partial charge in [0, 0.05) is 38.6 Å². The van der Waals surface area contributed by atoms with Crippen molar-refractivity contribution < 1.29 is 0 Å². The number of rotatable bonds is 5. The summed E-state index contributed by atoms with van der Waals surface area (Å²) in [5.74, 6) is 1.23. The molecule has 1 N–H and O–H groups in total. The molecule has 0 spiro atoms. The number of fused-ring (bicyclic) bond motifs is 1. The van der Waals surface area contributed by atoms with Gasteiger partial charge in [-0.15, -0.1) is 0 Å². The van der Waals surface area contributed by atoms with Crippen LogP contribution in [-0.2, 0) is 0 Å². The van der Waals surface area contributed by atoms with Crippen LogP contribution in [0.5, 0.6) is 0 Å². The number of pyridine rings is 1. The van der Waals surface area contributed by atoms with Gasteiger partial charge in [-0.05, 0) is 50.9 Å². The second kappa shape index (κ2) is 8.51. The summed E-state index contributed by atoms with van der Waals surface area (Å²) in [5, 5.41) is 3.43. The second-order valence-corrected chi connectivity index (χ2v) is 8.12. The molecular formula is C23H32N6. The van der Waals surface area contributed by atoms with Crippen molar-refractivity contribution in [1.82, 2.24) is 19.6 Å². The van der Waals surface area contributed by atoms with Crippen molar-refractivity contribution in [3.8, 4) is 0 Å². The van der Waals surface area contributed by atoms with Crippen molar-refractivity contribution in [3.63, 3.8) is 0 Å². The zero-order valence-electron chi connectivity index (χ0n) is 17.6. The van der Waals surface area contributed by atoms with Gasteiger partial charge >= 0.3 is 0 Å². The molecule has 0 bridgehead atoms. The summed E-state index contributed by atoms with van der Waals surface area (Å²) in [6, 6.07) is 6.95. The predicted molar refractivity (Wildman–Crippen MR) is 121 cm³/mol. The van der Waals surface area contributed by atoms with Gasteiger partial charge in [0.15, 0.2) is 0 Å². The number of aliphatic imine (C=N–C) groups is 1. The molecule has 2 aliphatic rings. The lowest BCUT2D eigenvalue weighted by atomic mass is 9.90. The van der Waals surface area contributed by atoms with Gasteiger partial charge in [0.05, 0.1) is 23.5 Å². The van der Waals surface area contributed by atoms with Crippen LogP contribution >= 0.6 is 0 Å². The molecule has 2 aromatic rings. The molecule has 0 amide bonds. The summed E-state index contributed by atoms with van der Waals surface area (Å²) in [7, 11) is 2.19. The number of likely N-dealkylation sites (tertiary alicyclic amines) is 1. The van der Waals surface area contributed by atoms with Gasteiger partial charge < -0.3 is 10.2 Å². The number of anilines is 1. The molecule has 2 aromatic heterocycles. The lowest BCUT2D eigenvalue weighted by Gasteiger charge is -2.39. The first-order valence-electron chi connectivity index (χ1n) is 10.6. The van der Waals surface area contributed by atoms with Gasteiger partial charge in [-0.25, -0.2) is 4.98 Å². The molecule has 154 valence electrons.